The molecule has 0 bridgehead atoms. The molecule has 0 saturated carbocycles. The molecule has 4 nitrogen and oxygen atoms in total. The summed E-state index contributed by atoms with van der Waals surface area (Å²) in [5.74, 6) is 0. The van der Waals surface area contributed by atoms with Gasteiger partial charge in [-0.2, -0.15) is 0 Å². The fourth-order valence-electron chi connectivity index (χ4n) is 5.39. The van der Waals surface area contributed by atoms with Crippen LogP contribution < -0.4 is 26.2 Å². The minimum atomic E-state index is -2.57. The van der Waals surface area contributed by atoms with Crippen LogP contribution in [0.5, 0.6) is 0 Å². The maximum Gasteiger partial charge on any atom is 0.494 e. The van der Waals surface area contributed by atoms with E-state index < -0.39 is 15.2 Å². The lowest BCUT2D eigenvalue weighted by atomic mass is 9.79. The number of aromatic nitrogens is 2. The Labute approximate surface area is 202 Å². The van der Waals surface area contributed by atoms with Crippen molar-refractivity contribution in [2.75, 3.05) is 0 Å². The highest BCUT2D eigenvalue weighted by Gasteiger charge is 2.53. The highest BCUT2D eigenvalue weighted by Crippen LogP contribution is 2.36. The Morgan fingerprint density at radius 3 is 1.82 bits per heavy atom. The third-order valence-electron chi connectivity index (χ3n) is 7.79. The second kappa shape index (κ2) is 7.47. The van der Waals surface area contributed by atoms with E-state index in [1.807, 2.05) is 24.8 Å². The topological polar surface area (TPSA) is 44.2 Å². The van der Waals surface area contributed by atoms with Gasteiger partial charge in [0.05, 0.1) is 11.2 Å². The summed E-state index contributed by atoms with van der Waals surface area (Å²) >= 11 is 0. The van der Waals surface area contributed by atoms with Crippen LogP contribution in [0.2, 0.25) is 0 Å². The molecule has 6 rings (SSSR count). The average Bonchev–Trinajstić information content (AvgIpc) is 3.27. The Morgan fingerprint density at radius 2 is 1.24 bits per heavy atom. The number of fused-ring (bicyclic) bond motifs is 3. The van der Waals surface area contributed by atoms with E-state index in [0.29, 0.717) is 0 Å². The molecule has 4 heterocycles. The minimum absolute atomic E-state index is 0.383. The van der Waals surface area contributed by atoms with Gasteiger partial charge >= 0.3 is 7.12 Å². The first-order chi connectivity index (χ1) is 16.3. The molecular formula is C28H27BN2O2Si. The van der Waals surface area contributed by atoms with Crippen LogP contribution >= 0.6 is 0 Å². The van der Waals surface area contributed by atoms with Crippen molar-refractivity contribution in [3.05, 3.63) is 91.5 Å². The smallest absolute Gasteiger partial charge is 0.399 e. The zero-order valence-corrected chi connectivity index (χ0v) is 20.9. The molecule has 0 aliphatic carbocycles. The van der Waals surface area contributed by atoms with Crippen LogP contribution in [-0.2, 0) is 9.31 Å². The first-order valence-corrected chi connectivity index (χ1v) is 13.8. The van der Waals surface area contributed by atoms with Crippen molar-refractivity contribution in [1.29, 1.82) is 0 Å². The molecule has 0 amide bonds. The molecule has 2 aromatic heterocycles. The fourth-order valence-corrected chi connectivity index (χ4v) is 10.5. The molecule has 0 N–H and O–H groups in total. The normalized spacial score (nSPS) is 19.0. The van der Waals surface area contributed by atoms with Crippen molar-refractivity contribution in [1.82, 2.24) is 9.97 Å². The predicted molar refractivity (Wildman–Crippen MR) is 140 cm³/mol. The first kappa shape index (κ1) is 21.5. The molecule has 34 heavy (non-hydrogen) atoms. The monoisotopic (exact) mass is 462 g/mol. The van der Waals surface area contributed by atoms with Crippen molar-refractivity contribution < 1.29 is 9.31 Å². The molecule has 1 saturated heterocycles. The third-order valence-corrected chi connectivity index (χ3v) is 12.7. The fraction of sp³-hybridized carbons (Fsp3) is 0.214. The Morgan fingerprint density at radius 1 is 0.676 bits per heavy atom. The number of rotatable bonds is 3. The van der Waals surface area contributed by atoms with Gasteiger partial charge in [-0.05, 0) is 66.0 Å². The molecule has 1 fully saturated rings. The van der Waals surface area contributed by atoms with Gasteiger partial charge in [-0.25, -0.2) is 0 Å². The van der Waals surface area contributed by atoms with Crippen LogP contribution in [0.1, 0.15) is 27.7 Å². The zero-order chi connectivity index (χ0) is 23.6. The van der Waals surface area contributed by atoms with E-state index in [4.69, 9.17) is 9.31 Å². The molecule has 0 unspecified atom stereocenters. The number of benzene rings is 2. The summed E-state index contributed by atoms with van der Waals surface area (Å²) in [7, 11) is -2.97. The van der Waals surface area contributed by atoms with E-state index in [-0.39, 0.29) is 11.2 Å². The van der Waals surface area contributed by atoms with Gasteiger partial charge in [-0.15, -0.1) is 0 Å². The van der Waals surface area contributed by atoms with Crippen LogP contribution in [0.15, 0.2) is 91.5 Å². The largest absolute Gasteiger partial charge is 0.494 e. The number of hydrogen-bond donors (Lipinski definition) is 0. The second-order valence-corrected chi connectivity index (χ2v) is 13.9. The Kier molecular flexibility index (Phi) is 4.72. The van der Waals surface area contributed by atoms with Gasteiger partial charge in [-0.1, -0.05) is 54.6 Å². The van der Waals surface area contributed by atoms with Crippen LogP contribution in [0.3, 0.4) is 0 Å². The van der Waals surface area contributed by atoms with E-state index in [9.17, 15) is 0 Å². The molecule has 0 radical (unpaired) electrons. The Hall–Kier alpha value is -3.06. The molecule has 4 aromatic rings. The molecule has 6 heteroatoms. The van der Waals surface area contributed by atoms with Gasteiger partial charge in [0, 0.05) is 35.9 Å². The highest BCUT2D eigenvalue weighted by atomic mass is 28.3. The van der Waals surface area contributed by atoms with Gasteiger partial charge < -0.3 is 9.31 Å². The summed E-state index contributed by atoms with van der Waals surface area (Å²) in [5.41, 5.74) is 2.65. The summed E-state index contributed by atoms with van der Waals surface area (Å²) < 4.78 is 12.8. The van der Waals surface area contributed by atoms with E-state index in [1.165, 1.54) is 31.9 Å². The molecule has 2 aromatic carbocycles. The van der Waals surface area contributed by atoms with Crippen molar-refractivity contribution in [2.24, 2.45) is 0 Å². The van der Waals surface area contributed by atoms with E-state index in [0.717, 1.165) is 5.46 Å². The maximum absolute atomic E-state index is 6.42. The van der Waals surface area contributed by atoms with Crippen molar-refractivity contribution in [3.63, 3.8) is 0 Å². The second-order valence-electron chi connectivity index (χ2n) is 10.2. The predicted octanol–water partition coefficient (Wildman–Crippen LogP) is 2.13. The SMILES string of the molecule is CC1(C)OB(c2cccc([Si]3(c4ccccc4)c4ccncc4-c4cnccc43)c2)OC1(C)C. The molecular weight excluding hydrogens is 435 g/mol. The van der Waals surface area contributed by atoms with Crippen LogP contribution in [0.4, 0.5) is 0 Å². The quantitative estimate of drug-likeness (QED) is 0.386. The maximum atomic E-state index is 6.42. The summed E-state index contributed by atoms with van der Waals surface area (Å²) in [6.07, 6.45) is 7.82. The van der Waals surface area contributed by atoms with Crippen molar-refractivity contribution in [3.8, 4) is 11.1 Å². The van der Waals surface area contributed by atoms with E-state index >= 15 is 0 Å². The van der Waals surface area contributed by atoms with Gasteiger partial charge in [0.2, 0.25) is 0 Å². The number of nitrogens with zero attached hydrogens (tertiary/aromatic N) is 2. The van der Waals surface area contributed by atoms with Crippen molar-refractivity contribution in [2.45, 2.75) is 38.9 Å². The van der Waals surface area contributed by atoms with E-state index in [2.05, 4.69) is 104 Å². The lowest BCUT2D eigenvalue weighted by Gasteiger charge is -2.32. The molecule has 0 atom stereocenters. The van der Waals surface area contributed by atoms with Gasteiger partial charge in [0.15, 0.2) is 8.07 Å². The average molecular weight is 462 g/mol. The van der Waals surface area contributed by atoms with Crippen LogP contribution in [0.25, 0.3) is 11.1 Å². The first-order valence-electron chi connectivity index (χ1n) is 11.8. The molecule has 0 spiro atoms. The van der Waals surface area contributed by atoms with Gasteiger partial charge in [-0.3, -0.25) is 9.97 Å². The number of pyridine rings is 2. The Bertz CT molecular complexity index is 1330. The number of hydrogen-bond acceptors (Lipinski definition) is 4. The standard InChI is InChI=1S/C28H27BN2O2Si/c1-27(2)28(3,4)33-29(32-27)20-9-8-12-22(17-20)34(21-10-6-5-7-11-21)25-13-15-30-18-23(25)24-19-31-16-14-26(24)34/h5-19H,1-4H3. The zero-order valence-electron chi connectivity index (χ0n) is 19.9. The summed E-state index contributed by atoms with van der Waals surface area (Å²) in [5, 5.41) is 5.35. The summed E-state index contributed by atoms with van der Waals surface area (Å²) in [4.78, 5) is 8.95. The van der Waals surface area contributed by atoms with E-state index in [1.54, 1.807) is 0 Å². The lowest BCUT2D eigenvalue weighted by molar-refractivity contribution is 0.00578. The highest BCUT2D eigenvalue weighted by molar-refractivity contribution is 7.22. The van der Waals surface area contributed by atoms with Crippen LogP contribution in [0, 0.1) is 0 Å². The summed E-state index contributed by atoms with van der Waals surface area (Å²) in [6.45, 7) is 8.39. The van der Waals surface area contributed by atoms with Crippen LogP contribution in [-0.4, -0.2) is 36.4 Å². The molecule has 2 aliphatic heterocycles. The molecule has 2 aliphatic rings. The lowest BCUT2D eigenvalue weighted by Crippen LogP contribution is -2.73. The van der Waals surface area contributed by atoms with Gasteiger partial charge in [0.25, 0.3) is 0 Å². The van der Waals surface area contributed by atoms with Gasteiger partial charge in [0.1, 0.15) is 0 Å². The minimum Gasteiger partial charge on any atom is -0.399 e. The third kappa shape index (κ3) is 2.92. The van der Waals surface area contributed by atoms with Crippen molar-refractivity contribution >= 4 is 41.4 Å². The summed E-state index contributed by atoms with van der Waals surface area (Å²) in [6, 6.07) is 24.2. The Balaban J connectivity index is 1.61. The molecule has 168 valence electrons.